The largest absolute Gasteiger partial charge is 0.513 e. The van der Waals surface area contributed by atoms with E-state index < -0.39 is 6.16 Å². The monoisotopic (exact) mass is 481 g/mol. The van der Waals surface area contributed by atoms with Gasteiger partial charge in [0.15, 0.2) is 5.75 Å². The number of hydrogen-bond donors (Lipinski definition) is 2. The molecule has 2 aromatic carbocycles. The van der Waals surface area contributed by atoms with Crippen molar-refractivity contribution in [1.82, 2.24) is 4.98 Å². The molecule has 3 N–H and O–H groups in total. The third kappa shape index (κ3) is 5.24. The summed E-state index contributed by atoms with van der Waals surface area (Å²) in [4.78, 5) is 28.4. The molecule has 0 aliphatic rings. The highest BCUT2D eigenvalue weighted by atomic mass is 32.1. The third-order valence-corrected chi connectivity index (χ3v) is 5.76. The smallest absolute Gasteiger partial charge is 0.489 e. The number of anilines is 2. The number of amides is 1. The number of aromatic nitrogens is 1. The van der Waals surface area contributed by atoms with E-state index in [0.29, 0.717) is 27.1 Å². The van der Waals surface area contributed by atoms with Gasteiger partial charge in [-0.15, -0.1) is 11.3 Å². The van der Waals surface area contributed by atoms with Crippen molar-refractivity contribution in [3.05, 3.63) is 77.1 Å². The lowest BCUT2D eigenvalue weighted by atomic mass is 10.2. The molecule has 0 atom stereocenters. The number of benzene rings is 2. The molecule has 1 amide bonds. The van der Waals surface area contributed by atoms with Crippen LogP contribution in [0.2, 0.25) is 0 Å². The van der Waals surface area contributed by atoms with Crippen molar-refractivity contribution >= 4 is 45.0 Å². The first-order valence-electron chi connectivity index (χ1n) is 10.2. The van der Waals surface area contributed by atoms with E-state index in [9.17, 15) is 14.0 Å². The van der Waals surface area contributed by atoms with E-state index in [2.05, 4.69) is 10.3 Å². The van der Waals surface area contributed by atoms with Crippen LogP contribution in [0.25, 0.3) is 10.1 Å². The van der Waals surface area contributed by atoms with Crippen LogP contribution in [0.15, 0.2) is 60.1 Å². The van der Waals surface area contributed by atoms with Crippen LogP contribution in [0.1, 0.15) is 22.8 Å². The van der Waals surface area contributed by atoms with E-state index in [-0.39, 0.29) is 36.5 Å². The van der Waals surface area contributed by atoms with Gasteiger partial charge in [-0.1, -0.05) is 6.07 Å². The summed E-state index contributed by atoms with van der Waals surface area (Å²) < 4.78 is 29.6. The number of carbonyl (C=O) groups excluding carboxylic acids is 2. The van der Waals surface area contributed by atoms with Crippen LogP contribution in [0.5, 0.6) is 11.5 Å². The molecule has 0 radical (unpaired) electrons. The summed E-state index contributed by atoms with van der Waals surface area (Å²) in [5.74, 6) is 0.255. The summed E-state index contributed by atoms with van der Waals surface area (Å²) in [6.07, 6.45) is 0.552. The third-order valence-electron chi connectivity index (χ3n) is 4.72. The molecule has 4 aromatic rings. The molecule has 2 aromatic heterocycles. The first-order chi connectivity index (χ1) is 16.4. The van der Waals surface area contributed by atoms with Crippen LogP contribution in [0.4, 0.5) is 20.7 Å². The number of thiophene rings is 1. The van der Waals surface area contributed by atoms with Crippen LogP contribution in [-0.4, -0.2) is 23.7 Å². The molecular weight excluding hydrogens is 461 g/mol. The maximum Gasteiger partial charge on any atom is 0.513 e. The summed E-state index contributed by atoms with van der Waals surface area (Å²) in [7, 11) is 0. The van der Waals surface area contributed by atoms with E-state index in [4.69, 9.17) is 19.9 Å². The highest BCUT2D eigenvalue weighted by Gasteiger charge is 2.17. The quantitative estimate of drug-likeness (QED) is 0.341. The first-order valence-corrected chi connectivity index (χ1v) is 11.1. The highest BCUT2D eigenvalue weighted by Crippen LogP contribution is 2.37. The molecule has 0 aliphatic heterocycles. The van der Waals surface area contributed by atoms with Crippen LogP contribution in [-0.2, 0) is 11.3 Å². The van der Waals surface area contributed by atoms with Crippen molar-refractivity contribution in [2.75, 3.05) is 17.7 Å². The standard InChI is InChI=1S/C24H20FN3O5S/c1-2-31-24(30)33-19-11-27-22(26)20-15(13-34-21(19)20)12-32-18-5-3-4-14(10-18)23(29)28-17-8-6-16(25)7-9-17/h3-11,13H,2,12H2,1H3,(H2,26,27)(H,28,29). The number of pyridine rings is 1. The zero-order valence-corrected chi connectivity index (χ0v) is 18.9. The predicted molar refractivity (Wildman–Crippen MR) is 127 cm³/mol. The molecule has 0 bridgehead atoms. The van der Waals surface area contributed by atoms with Gasteiger partial charge in [0.1, 0.15) is 24.0 Å². The Balaban J connectivity index is 1.48. The molecule has 0 aliphatic carbocycles. The molecule has 0 fully saturated rings. The lowest BCUT2D eigenvalue weighted by molar-refractivity contribution is 0.102. The fourth-order valence-electron chi connectivity index (χ4n) is 3.15. The molecule has 34 heavy (non-hydrogen) atoms. The SMILES string of the molecule is CCOC(=O)Oc1cnc(N)c2c(COc3cccc(C(=O)Nc4ccc(F)cc4)c3)csc12. The van der Waals surface area contributed by atoms with E-state index in [1.54, 1.807) is 31.2 Å². The number of nitrogens with two attached hydrogens (primary N) is 1. The Hall–Kier alpha value is -4.18. The first kappa shape index (κ1) is 23.0. The summed E-state index contributed by atoms with van der Waals surface area (Å²) in [6.45, 7) is 2.02. The van der Waals surface area contributed by atoms with Crippen LogP contribution < -0.4 is 20.5 Å². The van der Waals surface area contributed by atoms with Crippen molar-refractivity contribution in [2.45, 2.75) is 13.5 Å². The Labute approximate surface area is 198 Å². The number of nitrogens with one attached hydrogen (secondary N) is 1. The van der Waals surface area contributed by atoms with Gasteiger partial charge in [-0.25, -0.2) is 14.2 Å². The number of carbonyl (C=O) groups is 2. The van der Waals surface area contributed by atoms with E-state index in [1.165, 1.54) is 41.8 Å². The van der Waals surface area contributed by atoms with Gasteiger partial charge in [-0.2, -0.15) is 0 Å². The molecule has 4 rings (SSSR count). The normalized spacial score (nSPS) is 10.6. The number of halogens is 1. The van der Waals surface area contributed by atoms with Gasteiger partial charge in [0, 0.05) is 22.2 Å². The molecule has 8 nitrogen and oxygen atoms in total. The summed E-state index contributed by atoms with van der Waals surface area (Å²) >= 11 is 1.34. The summed E-state index contributed by atoms with van der Waals surface area (Å²) in [6, 6.07) is 12.2. The molecule has 10 heteroatoms. The zero-order valence-electron chi connectivity index (χ0n) is 18.0. The van der Waals surface area contributed by atoms with E-state index >= 15 is 0 Å². The average molecular weight is 482 g/mol. The minimum atomic E-state index is -0.822. The molecule has 2 heterocycles. The Kier molecular flexibility index (Phi) is 6.88. The Morgan fingerprint density at radius 2 is 1.97 bits per heavy atom. The van der Waals surface area contributed by atoms with Crippen molar-refractivity contribution < 1.29 is 28.2 Å². The van der Waals surface area contributed by atoms with Crippen molar-refractivity contribution in [2.24, 2.45) is 0 Å². The van der Waals surface area contributed by atoms with Crippen LogP contribution >= 0.6 is 11.3 Å². The second-order valence-corrected chi connectivity index (χ2v) is 7.92. The molecule has 0 saturated heterocycles. The second kappa shape index (κ2) is 10.2. The Bertz CT molecular complexity index is 1340. The van der Waals surface area contributed by atoms with Gasteiger partial charge in [0.05, 0.1) is 17.5 Å². The molecule has 174 valence electrons. The number of ether oxygens (including phenoxy) is 3. The average Bonchev–Trinajstić information content (AvgIpc) is 3.27. The van der Waals surface area contributed by atoms with Gasteiger partial charge in [0.2, 0.25) is 0 Å². The number of nitrogens with zero attached hydrogens (tertiary/aromatic N) is 1. The summed E-state index contributed by atoms with van der Waals surface area (Å²) in [5, 5.41) is 5.17. The van der Waals surface area contributed by atoms with Gasteiger partial charge in [-0.3, -0.25) is 4.79 Å². The zero-order chi connectivity index (χ0) is 24.1. The molecule has 0 unspecified atom stereocenters. The van der Waals surface area contributed by atoms with E-state index in [1.807, 2.05) is 5.38 Å². The number of hydrogen-bond acceptors (Lipinski definition) is 8. The van der Waals surface area contributed by atoms with Crippen molar-refractivity contribution in [3.8, 4) is 11.5 Å². The second-order valence-electron chi connectivity index (χ2n) is 7.04. The molecule has 0 spiro atoms. The minimum absolute atomic E-state index is 0.151. The predicted octanol–water partition coefficient (Wildman–Crippen LogP) is 5.38. The lowest BCUT2D eigenvalue weighted by Crippen LogP contribution is -2.12. The van der Waals surface area contributed by atoms with Crippen molar-refractivity contribution in [3.63, 3.8) is 0 Å². The lowest BCUT2D eigenvalue weighted by Gasteiger charge is -2.10. The van der Waals surface area contributed by atoms with Crippen LogP contribution in [0.3, 0.4) is 0 Å². The van der Waals surface area contributed by atoms with Gasteiger partial charge >= 0.3 is 6.16 Å². The fraction of sp³-hybridized carbons (Fsp3) is 0.125. The summed E-state index contributed by atoms with van der Waals surface area (Å²) in [5.41, 5.74) is 7.67. The molecule has 0 saturated carbocycles. The topological polar surface area (TPSA) is 113 Å². The maximum absolute atomic E-state index is 13.1. The fourth-order valence-corrected chi connectivity index (χ4v) is 4.16. The molecular formula is C24H20FN3O5S. The van der Waals surface area contributed by atoms with Gasteiger partial charge in [-0.05, 0) is 54.8 Å². The highest BCUT2D eigenvalue weighted by molar-refractivity contribution is 7.17. The Morgan fingerprint density at radius 1 is 1.18 bits per heavy atom. The van der Waals surface area contributed by atoms with E-state index in [0.717, 1.165) is 5.56 Å². The number of nitrogen functional groups attached to an aromatic ring is 1. The number of fused-ring (bicyclic) bond motifs is 1. The Morgan fingerprint density at radius 3 is 2.74 bits per heavy atom. The van der Waals surface area contributed by atoms with Gasteiger partial charge < -0.3 is 25.3 Å². The van der Waals surface area contributed by atoms with Crippen LogP contribution in [0, 0.1) is 5.82 Å². The maximum atomic E-state index is 13.1. The van der Waals surface area contributed by atoms with Gasteiger partial charge in [0.25, 0.3) is 5.91 Å². The minimum Gasteiger partial charge on any atom is -0.489 e. The number of rotatable bonds is 7. The van der Waals surface area contributed by atoms with Crippen molar-refractivity contribution in [1.29, 1.82) is 0 Å².